The van der Waals surface area contributed by atoms with Crippen LogP contribution in [0.15, 0.2) is 71.4 Å². The highest BCUT2D eigenvalue weighted by atomic mass is 32.1. The monoisotopic (exact) mass is 349 g/mol. The Balaban J connectivity index is 1.86. The molecule has 3 heterocycles. The van der Waals surface area contributed by atoms with E-state index in [9.17, 15) is 0 Å². The maximum absolute atomic E-state index is 2.38. The van der Waals surface area contributed by atoms with Crippen molar-refractivity contribution in [3.05, 3.63) is 77.0 Å². The van der Waals surface area contributed by atoms with E-state index in [2.05, 4.69) is 82.9 Å². The van der Waals surface area contributed by atoms with E-state index in [1.807, 2.05) is 0 Å². The third-order valence-electron chi connectivity index (χ3n) is 4.16. The van der Waals surface area contributed by atoms with Crippen LogP contribution in [0.1, 0.15) is 18.9 Å². The SMILES string of the molecule is CCCc1ccc(-n2c(-c3cccs3)ccc2-c2cccs2)cc1. The van der Waals surface area contributed by atoms with Gasteiger partial charge in [-0.05, 0) is 59.1 Å². The van der Waals surface area contributed by atoms with Gasteiger partial charge in [0.25, 0.3) is 0 Å². The van der Waals surface area contributed by atoms with Gasteiger partial charge in [-0.15, -0.1) is 22.7 Å². The summed E-state index contributed by atoms with van der Waals surface area (Å²) in [5.41, 5.74) is 5.16. The van der Waals surface area contributed by atoms with E-state index in [0.717, 1.165) is 6.42 Å². The maximum atomic E-state index is 2.38. The number of rotatable bonds is 5. The van der Waals surface area contributed by atoms with E-state index in [0.29, 0.717) is 0 Å². The van der Waals surface area contributed by atoms with Crippen molar-refractivity contribution < 1.29 is 0 Å². The smallest absolute Gasteiger partial charge is 0.0635 e. The van der Waals surface area contributed by atoms with Crippen molar-refractivity contribution in [1.29, 1.82) is 0 Å². The molecule has 4 rings (SSSR count). The lowest BCUT2D eigenvalue weighted by Gasteiger charge is -2.13. The fourth-order valence-electron chi connectivity index (χ4n) is 3.05. The lowest BCUT2D eigenvalue weighted by Crippen LogP contribution is -1.98. The summed E-state index contributed by atoms with van der Waals surface area (Å²) in [5.74, 6) is 0. The predicted molar refractivity (Wildman–Crippen MR) is 106 cm³/mol. The number of hydrogen-bond acceptors (Lipinski definition) is 2. The highest BCUT2D eigenvalue weighted by molar-refractivity contribution is 7.14. The fourth-order valence-corrected chi connectivity index (χ4v) is 4.53. The second-order valence-electron chi connectivity index (χ2n) is 5.81. The molecule has 0 saturated carbocycles. The van der Waals surface area contributed by atoms with Crippen LogP contribution in [-0.4, -0.2) is 4.57 Å². The predicted octanol–water partition coefficient (Wildman–Crippen LogP) is 6.89. The van der Waals surface area contributed by atoms with Gasteiger partial charge < -0.3 is 4.57 Å². The Morgan fingerprint density at radius 1 is 0.750 bits per heavy atom. The molecule has 0 aliphatic carbocycles. The van der Waals surface area contributed by atoms with Crippen LogP contribution in [0.25, 0.3) is 26.8 Å². The second kappa shape index (κ2) is 6.80. The van der Waals surface area contributed by atoms with Crippen molar-refractivity contribution in [1.82, 2.24) is 4.57 Å². The lowest BCUT2D eigenvalue weighted by molar-refractivity contribution is 0.920. The Morgan fingerprint density at radius 3 is 1.79 bits per heavy atom. The Hall–Kier alpha value is -2.10. The number of benzene rings is 1. The third kappa shape index (κ3) is 2.85. The van der Waals surface area contributed by atoms with Gasteiger partial charge >= 0.3 is 0 Å². The molecule has 3 aromatic heterocycles. The summed E-state index contributed by atoms with van der Waals surface area (Å²) >= 11 is 3.58. The number of nitrogens with zero attached hydrogens (tertiary/aromatic N) is 1. The highest BCUT2D eigenvalue weighted by Gasteiger charge is 2.14. The van der Waals surface area contributed by atoms with Crippen molar-refractivity contribution in [3.8, 4) is 26.8 Å². The van der Waals surface area contributed by atoms with E-state index in [-0.39, 0.29) is 0 Å². The lowest BCUT2D eigenvalue weighted by atomic mass is 10.1. The summed E-state index contributed by atoms with van der Waals surface area (Å²) in [5, 5.41) is 4.28. The molecule has 4 aromatic rings. The van der Waals surface area contributed by atoms with Crippen LogP contribution in [0.2, 0.25) is 0 Å². The van der Waals surface area contributed by atoms with Crippen molar-refractivity contribution in [3.63, 3.8) is 0 Å². The molecule has 1 aromatic carbocycles. The first kappa shape index (κ1) is 15.4. The molecule has 0 aliphatic rings. The zero-order chi connectivity index (χ0) is 16.4. The van der Waals surface area contributed by atoms with Crippen LogP contribution in [0.4, 0.5) is 0 Å². The average molecular weight is 350 g/mol. The van der Waals surface area contributed by atoms with E-state index in [4.69, 9.17) is 0 Å². The summed E-state index contributed by atoms with van der Waals surface area (Å²) in [6, 6.07) is 22.1. The number of hydrogen-bond donors (Lipinski definition) is 0. The van der Waals surface area contributed by atoms with Crippen LogP contribution in [0.3, 0.4) is 0 Å². The fraction of sp³-hybridized carbons (Fsp3) is 0.143. The summed E-state index contributed by atoms with van der Waals surface area (Å²) in [6.45, 7) is 2.23. The molecule has 0 bridgehead atoms. The largest absolute Gasteiger partial charge is 0.308 e. The molecule has 0 radical (unpaired) electrons. The number of thiophene rings is 2. The van der Waals surface area contributed by atoms with Gasteiger partial charge in [0.2, 0.25) is 0 Å². The summed E-state index contributed by atoms with van der Waals surface area (Å²) < 4.78 is 2.38. The molecule has 120 valence electrons. The molecule has 0 amide bonds. The zero-order valence-corrected chi connectivity index (χ0v) is 15.2. The van der Waals surface area contributed by atoms with Gasteiger partial charge in [-0.3, -0.25) is 0 Å². The van der Waals surface area contributed by atoms with Crippen LogP contribution < -0.4 is 0 Å². The zero-order valence-electron chi connectivity index (χ0n) is 13.6. The molecular weight excluding hydrogens is 330 g/mol. The van der Waals surface area contributed by atoms with Gasteiger partial charge in [0.05, 0.1) is 21.1 Å². The Morgan fingerprint density at radius 2 is 1.33 bits per heavy atom. The standard InChI is InChI=1S/C21H19NS2/c1-2-5-16-8-10-17(11-9-16)22-18(20-6-3-14-23-20)12-13-19(22)21-7-4-15-24-21/h3-4,6-15H,2,5H2,1H3. The Bertz CT molecular complexity index is 846. The molecule has 0 atom stereocenters. The summed E-state index contributed by atoms with van der Waals surface area (Å²) in [7, 11) is 0. The van der Waals surface area contributed by atoms with Crippen molar-refractivity contribution in [2.45, 2.75) is 19.8 Å². The molecule has 0 saturated heterocycles. The van der Waals surface area contributed by atoms with E-state index in [1.165, 1.54) is 38.8 Å². The van der Waals surface area contributed by atoms with Crippen LogP contribution in [0, 0.1) is 0 Å². The number of aryl methyl sites for hydroxylation is 1. The van der Waals surface area contributed by atoms with E-state index < -0.39 is 0 Å². The first-order valence-corrected chi connectivity index (χ1v) is 10.0. The normalized spacial score (nSPS) is 11.0. The maximum Gasteiger partial charge on any atom is 0.0635 e. The molecular formula is C21H19NS2. The molecule has 0 unspecified atom stereocenters. The van der Waals surface area contributed by atoms with Gasteiger partial charge in [-0.25, -0.2) is 0 Å². The first-order chi connectivity index (χ1) is 11.9. The van der Waals surface area contributed by atoms with Crippen molar-refractivity contribution in [2.24, 2.45) is 0 Å². The highest BCUT2D eigenvalue weighted by Crippen LogP contribution is 2.36. The van der Waals surface area contributed by atoms with Crippen LogP contribution in [-0.2, 0) is 6.42 Å². The van der Waals surface area contributed by atoms with E-state index >= 15 is 0 Å². The molecule has 24 heavy (non-hydrogen) atoms. The van der Waals surface area contributed by atoms with Gasteiger partial charge in [0, 0.05) is 5.69 Å². The molecule has 1 nitrogen and oxygen atoms in total. The number of aromatic nitrogens is 1. The second-order valence-corrected chi connectivity index (χ2v) is 7.71. The van der Waals surface area contributed by atoms with Crippen LogP contribution in [0.5, 0.6) is 0 Å². The van der Waals surface area contributed by atoms with Gasteiger partial charge in [0.15, 0.2) is 0 Å². The minimum atomic E-state index is 1.14. The minimum Gasteiger partial charge on any atom is -0.308 e. The Labute approximate surface area is 150 Å². The minimum absolute atomic E-state index is 1.14. The molecule has 3 heteroatoms. The van der Waals surface area contributed by atoms with E-state index in [1.54, 1.807) is 22.7 Å². The molecule has 0 N–H and O–H groups in total. The summed E-state index contributed by atoms with van der Waals surface area (Å²) in [4.78, 5) is 2.60. The Kier molecular flexibility index (Phi) is 4.37. The third-order valence-corrected chi connectivity index (χ3v) is 5.95. The van der Waals surface area contributed by atoms with Gasteiger partial charge in [-0.1, -0.05) is 37.6 Å². The van der Waals surface area contributed by atoms with Crippen LogP contribution >= 0.6 is 22.7 Å². The molecule has 0 spiro atoms. The first-order valence-electron chi connectivity index (χ1n) is 8.25. The topological polar surface area (TPSA) is 4.93 Å². The van der Waals surface area contributed by atoms with Crippen molar-refractivity contribution >= 4 is 22.7 Å². The summed E-state index contributed by atoms with van der Waals surface area (Å²) in [6.07, 6.45) is 2.32. The average Bonchev–Trinajstić information content (AvgIpc) is 3.35. The van der Waals surface area contributed by atoms with Gasteiger partial charge in [0.1, 0.15) is 0 Å². The quantitative estimate of drug-likeness (QED) is 0.370. The molecule has 0 fully saturated rings. The van der Waals surface area contributed by atoms with Crippen molar-refractivity contribution in [2.75, 3.05) is 0 Å². The molecule has 0 aliphatic heterocycles. The van der Waals surface area contributed by atoms with Gasteiger partial charge in [-0.2, -0.15) is 0 Å².